The summed E-state index contributed by atoms with van der Waals surface area (Å²) in [7, 11) is 1.56. The van der Waals surface area contributed by atoms with Gasteiger partial charge < -0.3 is 9.47 Å². The zero-order valence-corrected chi connectivity index (χ0v) is 9.37. The van der Waals surface area contributed by atoms with Gasteiger partial charge in [0, 0.05) is 11.4 Å². The molecule has 0 bridgehead atoms. The van der Waals surface area contributed by atoms with Crippen LogP contribution in [0.5, 0.6) is 11.5 Å². The van der Waals surface area contributed by atoms with Crippen molar-refractivity contribution < 1.29 is 9.47 Å². The van der Waals surface area contributed by atoms with Crippen molar-refractivity contribution >= 4 is 15.9 Å². The molecule has 0 N–H and O–H groups in total. The molecule has 0 amide bonds. The summed E-state index contributed by atoms with van der Waals surface area (Å²) in [6.07, 6.45) is 0. The Hall–Kier alpha value is -1.21. The smallest absolute Gasteiger partial charge is 0.137 e. The lowest BCUT2D eigenvalue weighted by Gasteiger charge is -2.07. The number of hydrogen-bond acceptors (Lipinski definition) is 3. The predicted molar refractivity (Wildman–Crippen MR) is 57.0 cm³/mol. The van der Waals surface area contributed by atoms with Crippen LogP contribution in [0, 0.1) is 11.3 Å². The van der Waals surface area contributed by atoms with Crippen molar-refractivity contribution in [3.8, 4) is 17.6 Å². The molecule has 0 saturated carbocycles. The second-order valence-electron chi connectivity index (χ2n) is 2.51. The molecule has 3 nitrogen and oxygen atoms in total. The predicted octanol–water partition coefficient (Wildman–Crippen LogP) is 2.34. The average molecular weight is 256 g/mol. The lowest BCUT2D eigenvalue weighted by molar-refractivity contribution is 0.342. The largest absolute Gasteiger partial charge is 0.497 e. The van der Waals surface area contributed by atoms with Gasteiger partial charge in [0.25, 0.3) is 0 Å². The van der Waals surface area contributed by atoms with E-state index in [1.54, 1.807) is 25.3 Å². The Morgan fingerprint density at radius 1 is 1.50 bits per heavy atom. The number of methoxy groups -OCH3 is 1. The monoisotopic (exact) mass is 255 g/mol. The van der Waals surface area contributed by atoms with Crippen LogP contribution in [0.1, 0.15) is 5.56 Å². The van der Waals surface area contributed by atoms with Crippen LogP contribution >= 0.6 is 15.9 Å². The molecule has 0 unspecified atom stereocenters. The van der Waals surface area contributed by atoms with E-state index in [4.69, 9.17) is 14.7 Å². The Balaban J connectivity index is 2.89. The highest BCUT2D eigenvalue weighted by Crippen LogP contribution is 2.23. The van der Waals surface area contributed by atoms with E-state index < -0.39 is 0 Å². The van der Waals surface area contributed by atoms with E-state index in [-0.39, 0.29) is 0 Å². The van der Waals surface area contributed by atoms with Crippen LogP contribution in [0.2, 0.25) is 0 Å². The highest BCUT2D eigenvalue weighted by Gasteiger charge is 2.04. The molecule has 4 heteroatoms. The van der Waals surface area contributed by atoms with Crippen molar-refractivity contribution in [1.29, 1.82) is 5.26 Å². The van der Waals surface area contributed by atoms with Crippen LogP contribution in [0.4, 0.5) is 0 Å². The van der Waals surface area contributed by atoms with E-state index in [1.807, 2.05) is 0 Å². The fourth-order valence-corrected chi connectivity index (χ4v) is 1.16. The Labute approximate surface area is 91.4 Å². The normalized spacial score (nSPS) is 9.21. The highest BCUT2D eigenvalue weighted by molar-refractivity contribution is 9.09. The number of hydrogen-bond donors (Lipinski definition) is 0. The lowest BCUT2D eigenvalue weighted by Crippen LogP contribution is -1.99. The van der Waals surface area contributed by atoms with Crippen LogP contribution in [-0.2, 0) is 0 Å². The van der Waals surface area contributed by atoms with Crippen LogP contribution < -0.4 is 9.47 Å². The van der Waals surface area contributed by atoms with Crippen molar-refractivity contribution in [3.63, 3.8) is 0 Å². The first kappa shape index (κ1) is 10.9. The average Bonchev–Trinajstić information content (AvgIpc) is 2.26. The van der Waals surface area contributed by atoms with Gasteiger partial charge in [0.1, 0.15) is 17.6 Å². The summed E-state index contributed by atoms with van der Waals surface area (Å²) in [5.41, 5.74) is 0.491. The van der Waals surface area contributed by atoms with Crippen molar-refractivity contribution in [2.45, 2.75) is 0 Å². The van der Waals surface area contributed by atoms with Gasteiger partial charge >= 0.3 is 0 Å². The molecule has 14 heavy (non-hydrogen) atoms. The fourth-order valence-electron chi connectivity index (χ4n) is 0.998. The van der Waals surface area contributed by atoms with Crippen molar-refractivity contribution in [2.75, 3.05) is 19.0 Å². The molecule has 1 rings (SSSR count). The Morgan fingerprint density at radius 3 is 2.86 bits per heavy atom. The van der Waals surface area contributed by atoms with Gasteiger partial charge in [-0.1, -0.05) is 15.9 Å². The third-order valence-electron chi connectivity index (χ3n) is 1.64. The number of rotatable bonds is 4. The fraction of sp³-hybridized carbons (Fsp3) is 0.300. The van der Waals surface area contributed by atoms with E-state index in [9.17, 15) is 0 Å². The third kappa shape index (κ3) is 2.64. The number of ether oxygens (including phenoxy) is 2. The van der Waals surface area contributed by atoms with E-state index in [0.717, 1.165) is 5.33 Å². The molecule has 0 aliphatic heterocycles. The molecule has 74 valence electrons. The molecule has 1 aromatic carbocycles. The zero-order chi connectivity index (χ0) is 10.4. The molecule has 0 heterocycles. The minimum Gasteiger partial charge on any atom is -0.497 e. The van der Waals surface area contributed by atoms with Crippen LogP contribution in [0.3, 0.4) is 0 Å². The van der Waals surface area contributed by atoms with Gasteiger partial charge in [0.15, 0.2) is 0 Å². The van der Waals surface area contributed by atoms with Crippen LogP contribution in [0.15, 0.2) is 18.2 Å². The number of benzene rings is 1. The Morgan fingerprint density at radius 2 is 2.29 bits per heavy atom. The van der Waals surface area contributed by atoms with E-state index in [2.05, 4.69) is 22.0 Å². The highest BCUT2D eigenvalue weighted by atomic mass is 79.9. The van der Waals surface area contributed by atoms with Gasteiger partial charge in [0.2, 0.25) is 0 Å². The number of alkyl halides is 1. The molecule has 0 saturated heterocycles. The van der Waals surface area contributed by atoms with Crippen molar-refractivity contribution in [1.82, 2.24) is 0 Å². The van der Waals surface area contributed by atoms with Gasteiger partial charge in [-0.3, -0.25) is 0 Å². The number of nitrogens with zero attached hydrogens (tertiary/aromatic N) is 1. The van der Waals surface area contributed by atoms with Crippen LogP contribution in [0.25, 0.3) is 0 Å². The van der Waals surface area contributed by atoms with E-state index in [0.29, 0.717) is 23.7 Å². The third-order valence-corrected chi connectivity index (χ3v) is 1.97. The maximum absolute atomic E-state index is 8.84. The van der Waals surface area contributed by atoms with E-state index in [1.165, 1.54) is 0 Å². The topological polar surface area (TPSA) is 42.2 Å². The lowest BCUT2D eigenvalue weighted by atomic mass is 10.2. The number of halogens is 1. The quantitative estimate of drug-likeness (QED) is 0.776. The maximum Gasteiger partial charge on any atom is 0.137 e. The first-order valence-corrected chi connectivity index (χ1v) is 5.21. The SMILES string of the molecule is COc1ccc(OCCBr)c(C#N)c1. The zero-order valence-electron chi connectivity index (χ0n) is 7.79. The van der Waals surface area contributed by atoms with Gasteiger partial charge in [-0.15, -0.1) is 0 Å². The minimum atomic E-state index is 0.491. The summed E-state index contributed by atoms with van der Waals surface area (Å²) >= 11 is 3.25. The molecular weight excluding hydrogens is 246 g/mol. The van der Waals surface area contributed by atoms with Crippen molar-refractivity contribution in [2.24, 2.45) is 0 Å². The van der Waals surface area contributed by atoms with E-state index >= 15 is 0 Å². The molecule has 0 fully saturated rings. The molecule has 0 spiro atoms. The summed E-state index contributed by atoms with van der Waals surface area (Å²) in [4.78, 5) is 0. The van der Waals surface area contributed by atoms with Gasteiger partial charge in [-0.05, 0) is 12.1 Å². The van der Waals surface area contributed by atoms with Gasteiger partial charge in [-0.25, -0.2) is 0 Å². The standard InChI is InChI=1S/C10H10BrNO2/c1-13-9-2-3-10(14-5-4-11)8(6-9)7-12/h2-3,6H,4-5H2,1H3. The molecule has 0 radical (unpaired) electrons. The Kier molecular flexibility index (Phi) is 4.27. The summed E-state index contributed by atoms with van der Waals surface area (Å²) in [6, 6.07) is 7.22. The first-order chi connectivity index (χ1) is 6.81. The van der Waals surface area contributed by atoms with Crippen LogP contribution in [-0.4, -0.2) is 19.0 Å². The first-order valence-electron chi connectivity index (χ1n) is 4.08. The Bertz CT molecular complexity index is 346. The second-order valence-corrected chi connectivity index (χ2v) is 3.30. The molecule has 0 atom stereocenters. The molecule has 0 aromatic heterocycles. The second kappa shape index (κ2) is 5.51. The number of nitriles is 1. The minimum absolute atomic E-state index is 0.491. The molecule has 0 aliphatic rings. The van der Waals surface area contributed by atoms with Crippen molar-refractivity contribution in [3.05, 3.63) is 23.8 Å². The maximum atomic E-state index is 8.84. The summed E-state index contributed by atoms with van der Waals surface area (Å²) in [6.45, 7) is 0.543. The molecule has 1 aromatic rings. The molecule has 0 aliphatic carbocycles. The van der Waals surface area contributed by atoms with Gasteiger partial charge in [0.05, 0.1) is 19.3 Å². The summed E-state index contributed by atoms with van der Waals surface area (Å²) in [5, 5.41) is 9.58. The molecular formula is C10H10BrNO2. The summed E-state index contributed by atoms with van der Waals surface area (Å²) < 4.78 is 10.4. The summed E-state index contributed by atoms with van der Waals surface area (Å²) in [5.74, 6) is 1.25. The van der Waals surface area contributed by atoms with Gasteiger partial charge in [-0.2, -0.15) is 5.26 Å².